The fourth-order valence-corrected chi connectivity index (χ4v) is 7.36. The lowest BCUT2D eigenvalue weighted by atomic mass is 10.0. The lowest BCUT2D eigenvalue weighted by Gasteiger charge is -2.18. The van der Waals surface area contributed by atoms with Gasteiger partial charge in [0.15, 0.2) is 0 Å². The van der Waals surface area contributed by atoms with E-state index in [1.165, 1.54) is 193 Å². The van der Waals surface area contributed by atoms with Crippen molar-refractivity contribution in [1.29, 1.82) is 0 Å². The van der Waals surface area contributed by atoms with Gasteiger partial charge in [-0.2, -0.15) is 0 Å². The smallest absolute Gasteiger partial charge is 0.407 e. The lowest BCUT2D eigenvalue weighted by molar-refractivity contribution is -0.121. The number of rotatable bonds is 47. The van der Waals surface area contributed by atoms with Gasteiger partial charge >= 0.3 is 6.09 Å². The van der Waals surface area contributed by atoms with Crippen LogP contribution in [0.15, 0.2) is 0 Å². The molecule has 2 amide bonds. The van der Waals surface area contributed by atoms with E-state index in [4.69, 9.17) is 14.2 Å². The number of alkyl carbamates (subject to hydrolysis) is 1. The summed E-state index contributed by atoms with van der Waals surface area (Å²) in [5, 5.41) is 5.76. The highest BCUT2D eigenvalue weighted by atomic mass is 16.6. The molecule has 0 saturated heterocycles. The molecule has 0 aromatic heterocycles. The van der Waals surface area contributed by atoms with Crippen molar-refractivity contribution in [1.82, 2.24) is 10.6 Å². The average molecular weight is 795 g/mol. The van der Waals surface area contributed by atoms with Gasteiger partial charge in [0, 0.05) is 32.7 Å². The van der Waals surface area contributed by atoms with Crippen LogP contribution in [0.25, 0.3) is 0 Å². The summed E-state index contributed by atoms with van der Waals surface area (Å²) in [4.78, 5) is 24.1. The zero-order chi connectivity index (χ0) is 40.7. The highest BCUT2D eigenvalue weighted by Gasteiger charge is 2.13. The number of amides is 2. The van der Waals surface area contributed by atoms with Crippen LogP contribution < -0.4 is 10.6 Å². The van der Waals surface area contributed by atoms with Gasteiger partial charge in [-0.1, -0.05) is 220 Å². The Labute approximate surface area is 349 Å². The van der Waals surface area contributed by atoms with Gasteiger partial charge in [-0.3, -0.25) is 4.79 Å². The van der Waals surface area contributed by atoms with Crippen molar-refractivity contribution in [3.8, 4) is 0 Å². The number of unbranched alkanes of at least 4 members (excludes halogenated alkanes) is 32. The number of carbonyl (C=O) groups excluding carboxylic acids is 2. The molecule has 56 heavy (non-hydrogen) atoms. The van der Waals surface area contributed by atoms with Crippen LogP contribution in [0.3, 0.4) is 0 Å². The number of hydrogen-bond acceptors (Lipinski definition) is 5. The van der Waals surface area contributed by atoms with Gasteiger partial charge in [0.25, 0.3) is 0 Å². The molecule has 0 spiro atoms. The Bertz CT molecular complexity index is 782. The topological polar surface area (TPSA) is 85.9 Å². The molecule has 0 heterocycles. The molecule has 0 aliphatic carbocycles. The fourth-order valence-electron chi connectivity index (χ4n) is 7.36. The summed E-state index contributed by atoms with van der Waals surface area (Å²) >= 11 is 0. The van der Waals surface area contributed by atoms with Crippen molar-refractivity contribution in [2.24, 2.45) is 0 Å². The molecule has 0 saturated carbocycles. The zero-order valence-electron chi connectivity index (χ0n) is 38.0. The summed E-state index contributed by atoms with van der Waals surface area (Å²) in [7, 11) is 0. The third kappa shape index (κ3) is 45.4. The van der Waals surface area contributed by atoms with Gasteiger partial charge in [-0.15, -0.1) is 0 Å². The van der Waals surface area contributed by atoms with Gasteiger partial charge in [0.2, 0.25) is 5.91 Å². The first-order valence-electron chi connectivity index (χ1n) is 25.0. The highest BCUT2D eigenvalue weighted by Crippen LogP contribution is 2.16. The van der Waals surface area contributed by atoms with Crippen molar-refractivity contribution in [2.75, 3.05) is 39.5 Å². The van der Waals surface area contributed by atoms with E-state index in [-0.39, 0.29) is 18.6 Å². The van der Waals surface area contributed by atoms with Gasteiger partial charge in [0.05, 0.1) is 6.61 Å². The van der Waals surface area contributed by atoms with Gasteiger partial charge in [0.1, 0.15) is 12.7 Å². The summed E-state index contributed by atoms with van der Waals surface area (Å²) < 4.78 is 17.8. The molecule has 0 aromatic rings. The van der Waals surface area contributed by atoms with Crippen LogP contribution in [-0.4, -0.2) is 57.6 Å². The highest BCUT2D eigenvalue weighted by molar-refractivity contribution is 5.75. The van der Waals surface area contributed by atoms with Crippen molar-refractivity contribution in [2.45, 2.75) is 264 Å². The number of ether oxygens (including phenoxy) is 3. The number of hydrogen-bond donors (Lipinski definition) is 2. The first-order chi connectivity index (χ1) is 27.6. The fraction of sp³-hybridized carbons (Fsp3) is 0.959. The van der Waals surface area contributed by atoms with E-state index in [1.807, 2.05) is 0 Å². The van der Waals surface area contributed by atoms with E-state index in [9.17, 15) is 9.59 Å². The molecule has 0 radical (unpaired) electrons. The summed E-state index contributed by atoms with van der Waals surface area (Å²) in [5.74, 6) is 0.113. The maximum absolute atomic E-state index is 12.4. The lowest BCUT2D eigenvalue weighted by Crippen LogP contribution is -2.32. The van der Waals surface area contributed by atoms with E-state index in [1.54, 1.807) is 0 Å². The Morgan fingerprint density at radius 3 is 1.21 bits per heavy atom. The average Bonchev–Trinajstić information content (AvgIpc) is 3.20. The van der Waals surface area contributed by atoms with Gasteiger partial charge in [-0.25, -0.2) is 4.79 Å². The van der Waals surface area contributed by atoms with Crippen LogP contribution in [-0.2, 0) is 19.0 Å². The first kappa shape index (κ1) is 54.7. The molecule has 334 valence electrons. The minimum atomic E-state index is -0.403. The molecule has 0 fully saturated rings. The zero-order valence-corrected chi connectivity index (χ0v) is 38.0. The molecule has 1 atom stereocenters. The Morgan fingerprint density at radius 2 is 0.786 bits per heavy atom. The minimum absolute atomic E-state index is 0.113. The van der Waals surface area contributed by atoms with Crippen molar-refractivity contribution < 1.29 is 23.8 Å². The molecule has 0 aliphatic rings. The van der Waals surface area contributed by atoms with Crippen LogP contribution in [0.4, 0.5) is 4.79 Å². The second-order valence-electron chi connectivity index (χ2n) is 16.9. The molecule has 0 aliphatic heterocycles. The van der Waals surface area contributed by atoms with E-state index >= 15 is 0 Å². The van der Waals surface area contributed by atoms with Crippen LogP contribution in [0.1, 0.15) is 258 Å². The quantitative estimate of drug-likeness (QED) is 0.0599. The van der Waals surface area contributed by atoms with Crippen molar-refractivity contribution >= 4 is 12.0 Å². The Kier molecular flexibility index (Phi) is 46.9. The molecule has 2 N–H and O–H groups in total. The number of carbonyl (C=O) groups is 2. The van der Waals surface area contributed by atoms with Crippen LogP contribution >= 0.6 is 0 Å². The van der Waals surface area contributed by atoms with Crippen LogP contribution in [0.2, 0.25) is 0 Å². The molecule has 7 heteroatoms. The molecular formula is C49H98N2O5. The van der Waals surface area contributed by atoms with Crippen molar-refractivity contribution in [3.05, 3.63) is 0 Å². The second-order valence-corrected chi connectivity index (χ2v) is 16.9. The third-order valence-corrected chi connectivity index (χ3v) is 11.1. The second kappa shape index (κ2) is 48.0. The largest absolute Gasteiger partial charge is 0.447 e. The molecule has 0 bridgehead atoms. The minimum Gasteiger partial charge on any atom is -0.447 e. The Balaban J connectivity index is 4.07. The van der Waals surface area contributed by atoms with Gasteiger partial charge in [-0.05, 0) is 32.1 Å². The summed E-state index contributed by atoms with van der Waals surface area (Å²) in [6.07, 6.45) is 46.9. The molecule has 0 rings (SSSR count). The third-order valence-electron chi connectivity index (χ3n) is 11.1. The van der Waals surface area contributed by atoms with Crippen molar-refractivity contribution in [3.63, 3.8) is 0 Å². The molecular weight excluding hydrogens is 697 g/mol. The maximum atomic E-state index is 12.4. The molecule has 0 unspecified atom stereocenters. The Hall–Kier alpha value is -1.34. The Morgan fingerprint density at radius 1 is 0.393 bits per heavy atom. The summed E-state index contributed by atoms with van der Waals surface area (Å²) in [5.41, 5.74) is 0. The van der Waals surface area contributed by atoms with Crippen LogP contribution in [0, 0.1) is 0 Å². The van der Waals surface area contributed by atoms with E-state index in [2.05, 4.69) is 31.4 Å². The summed E-state index contributed by atoms with van der Waals surface area (Å²) in [6.45, 7) is 10.0. The predicted molar refractivity (Wildman–Crippen MR) is 241 cm³/mol. The molecule has 7 nitrogen and oxygen atoms in total. The normalized spacial score (nSPS) is 11.9. The molecule has 0 aromatic carbocycles. The standard InChI is InChI=1S/C49H98N2O5/c1-4-7-9-11-13-15-17-19-21-23-25-27-29-31-33-38-43-54-45-47(46-56-49(53)51-42-37-35-36-40-48(52)50-41-6-3)55-44-39-34-32-30-28-26-24-22-20-18-16-14-12-10-8-5-2/h47H,4-46H2,1-3H3,(H,50,52)(H,51,53)/t47-/m0/s1. The van der Waals surface area contributed by atoms with E-state index in [0.717, 1.165) is 51.7 Å². The SMILES string of the molecule is CCCCCCCCCCCCCCCCCCOC[C@@H](COC(=O)NCCCCCC(=O)NCCC)OCCCCCCCCCCCCCCCCCC. The van der Waals surface area contributed by atoms with E-state index in [0.29, 0.717) is 26.2 Å². The maximum Gasteiger partial charge on any atom is 0.407 e. The number of nitrogens with one attached hydrogen (secondary N) is 2. The monoisotopic (exact) mass is 795 g/mol. The van der Waals surface area contributed by atoms with Gasteiger partial charge < -0.3 is 24.8 Å². The van der Waals surface area contributed by atoms with Crippen LogP contribution in [0.5, 0.6) is 0 Å². The van der Waals surface area contributed by atoms with E-state index < -0.39 is 6.09 Å². The predicted octanol–water partition coefficient (Wildman–Crippen LogP) is 14.7. The summed E-state index contributed by atoms with van der Waals surface area (Å²) in [6, 6.07) is 0. The first-order valence-corrected chi connectivity index (χ1v) is 25.0.